The van der Waals surface area contributed by atoms with Crippen LogP contribution in [-0.4, -0.2) is 231 Å². The lowest BCUT2D eigenvalue weighted by Crippen LogP contribution is -2.60. The Morgan fingerprint density at radius 3 is 2.01 bits per heavy atom. The minimum absolute atomic E-state index is 0.00545. The van der Waals surface area contributed by atoms with E-state index in [1.54, 1.807) is 12.3 Å². The summed E-state index contributed by atoms with van der Waals surface area (Å²) >= 11 is 3.80. The number of aliphatic hydroxyl groups excluding tert-OH is 1. The number of ether oxygens (including phenoxy) is 2. The summed E-state index contributed by atoms with van der Waals surface area (Å²) in [5, 5.41) is 25.3. The summed E-state index contributed by atoms with van der Waals surface area (Å²) in [5.41, 5.74) is 1.26. The number of aromatic nitrogens is 1. The number of nitrogens with one attached hydrogen (secondary N) is 5. The summed E-state index contributed by atoms with van der Waals surface area (Å²) in [7, 11) is 3.67. The fraction of sp³-hybridized carbons (Fsp3) is 0.676. The van der Waals surface area contributed by atoms with E-state index < -0.39 is 75.7 Å². The zero-order valence-electron chi connectivity index (χ0n) is 58.2. The number of carbonyl (C=O) groups excluding carboxylic acids is 11. The second-order valence-corrected chi connectivity index (χ2v) is 29.7. The summed E-state index contributed by atoms with van der Waals surface area (Å²) in [6.07, 6.45) is 5.37. The summed E-state index contributed by atoms with van der Waals surface area (Å²) < 4.78 is 11.9. The van der Waals surface area contributed by atoms with Crippen LogP contribution in [0.1, 0.15) is 159 Å². The number of benzene rings is 1. The highest BCUT2D eigenvalue weighted by Gasteiger charge is 2.44. The molecule has 4 bridgehead atoms. The normalized spacial score (nSPS) is 18.6. The average molecular weight is 1400 g/mol. The molecule has 3 fully saturated rings. The third kappa shape index (κ3) is 24.0. The molecule has 28 heteroatoms. The first-order chi connectivity index (χ1) is 45.6. The number of amides is 11. The molecule has 3 saturated heterocycles. The monoisotopic (exact) mass is 1400 g/mol. The Balaban J connectivity index is 1.26. The number of likely N-dealkylation sites (N-methyl/N-ethyl adjacent to an activating group) is 1. The fourth-order valence-corrected chi connectivity index (χ4v) is 14.8. The number of aliphatic hydroxyl groups is 1. The Morgan fingerprint density at radius 1 is 0.781 bits per heavy atom. The van der Waals surface area contributed by atoms with Gasteiger partial charge in [-0.2, -0.15) is 0 Å². The number of rotatable bonds is 37. The molecule has 3 aliphatic heterocycles. The van der Waals surface area contributed by atoms with Crippen LogP contribution in [0.3, 0.4) is 0 Å². The SMILES string of the molecule is CCCO[C@H](C[C@H](C(C)C)N(CCC)C(=O)[C@@H](NC(=O)C(C)(C)N(C)C)C(C)CC)c1nc(C(=O)N[C@@H](Cc2ccc(C)cc2)CC(C)C(=O)NC(CCCCNC(=O)/C=C\C(=O)N2CCN3C(=O)CC(SCSC4CC(=O)N(CC2)C4=O)C3=O)C(=O)NCCOCCO)cs1. The van der Waals surface area contributed by atoms with Gasteiger partial charge in [0.1, 0.15) is 28.9 Å². The number of carbonyl (C=O) groups is 11. The van der Waals surface area contributed by atoms with Gasteiger partial charge in [-0.15, -0.1) is 34.9 Å². The fourth-order valence-electron chi connectivity index (χ4n) is 11.2. The van der Waals surface area contributed by atoms with Crippen LogP contribution < -0.4 is 26.6 Å². The van der Waals surface area contributed by atoms with Gasteiger partial charge in [-0.1, -0.05) is 84.7 Å². The van der Waals surface area contributed by atoms with E-state index in [0.29, 0.717) is 68.2 Å². The Bertz CT molecular complexity index is 2940. The molecule has 4 heterocycles. The van der Waals surface area contributed by atoms with Crippen LogP contribution in [-0.2, 0) is 63.8 Å². The molecule has 534 valence electrons. The first kappa shape index (κ1) is 80.4. The molecule has 96 heavy (non-hydrogen) atoms. The molecule has 5 rings (SSSR count). The van der Waals surface area contributed by atoms with E-state index in [4.69, 9.17) is 14.5 Å². The van der Waals surface area contributed by atoms with Gasteiger partial charge in [0.2, 0.25) is 59.1 Å². The predicted molar refractivity (Wildman–Crippen MR) is 371 cm³/mol. The minimum Gasteiger partial charge on any atom is -0.394 e. The molecule has 25 nitrogen and oxygen atoms in total. The Hall–Kier alpha value is -6.30. The van der Waals surface area contributed by atoms with Gasteiger partial charge in [0.15, 0.2) is 0 Å². The van der Waals surface area contributed by atoms with Gasteiger partial charge in [0, 0.05) is 112 Å². The third-order valence-corrected chi connectivity index (χ3v) is 21.4. The van der Waals surface area contributed by atoms with E-state index >= 15 is 0 Å². The van der Waals surface area contributed by atoms with Crippen molar-refractivity contribution in [1.29, 1.82) is 0 Å². The highest BCUT2D eigenvalue weighted by molar-refractivity contribution is 8.17. The summed E-state index contributed by atoms with van der Waals surface area (Å²) in [6.45, 7) is 20.2. The van der Waals surface area contributed by atoms with Gasteiger partial charge in [0.05, 0.1) is 35.9 Å². The topological polar surface area (TPSA) is 316 Å². The van der Waals surface area contributed by atoms with E-state index in [0.717, 1.165) is 33.1 Å². The van der Waals surface area contributed by atoms with Gasteiger partial charge in [-0.25, -0.2) is 4.98 Å². The van der Waals surface area contributed by atoms with Crippen molar-refractivity contribution in [3.8, 4) is 0 Å². The lowest BCUT2D eigenvalue weighted by Gasteiger charge is -2.40. The molecule has 6 N–H and O–H groups in total. The van der Waals surface area contributed by atoms with Gasteiger partial charge < -0.3 is 51.0 Å². The van der Waals surface area contributed by atoms with Crippen molar-refractivity contribution < 1.29 is 67.3 Å². The average Bonchev–Trinajstić information content (AvgIpc) is 1.37. The Kier molecular flexibility index (Phi) is 33.4. The Labute approximate surface area is 579 Å². The first-order valence-electron chi connectivity index (χ1n) is 33.8. The second-order valence-electron chi connectivity index (χ2n) is 26.0. The Morgan fingerprint density at radius 2 is 1.43 bits per heavy atom. The number of hydrogen-bond donors (Lipinski definition) is 6. The molecule has 11 amide bonds. The quantitative estimate of drug-likeness (QED) is 0.0301. The van der Waals surface area contributed by atoms with Crippen LogP contribution in [0.25, 0.3) is 0 Å². The van der Waals surface area contributed by atoms with Crippen LogP contribution in [0.5, 0.6) is 0 Å². The highest BCUT2D eigenvalue weighted by atomic mass is 32.2. The van der Waals surface area contributed by atoms with Crippen molar-refractivity contribution in [1.82, 2.24) is 56.1 Å². The second kappa shape index (κ2) is 39.9. The number of thioether (sulfide) groups is 2. The molecule has 1 aromatic heterocycles. The van der Waals surface area contributed by atoms with Crippen molar-refractivity contribution in [3.05, 3.63) is 63.6 Å². The standard InChI is InChI=1S/C68H105N11O14S3/c1-13-27-77(66(90)59(45(7)15-3)74-67(91)68(9,10)75(11)12)51(43(4)5)38-52(93-33-14-2)63-73-50(41-94-63)62(87)71-48(37-47-21-19-44(6)20-22-47)36-46(8)60(85)72-49(61(86)70-26-34-92-35-32-80)18-16-17-25-69-55(81)23-24-56(82)76-28-30-78-57(83)39-53(64(78)88)95-42-96-54-40-58(84)79(31-29-76)65(54)89/h19-24,41,43,45-46,48-49,51-54,59,80H,13-18,25-40,42H2,1-12H3,(H,69,81)(H,70,86)(H,71,87)(H,72,85)(H,74,91)/b24-23-/t45?,46?,48-,49?,51-,52-,53?,54?,59+/m1/s1. The maximum Gasteiger partial charge on any atom is 0.270 e. The molecule has 0 spiro atoms. The molecular weight excluding hydrogens is 1290 g/mol. The zero-order chi connectivity index (χ0) is 70.8. The first-order valence-corrected chi connectivity index (χ1v) is 36.8. The maximum absolute atomic E-state index is 14.9. The highest BCUT2D eigenvalue weighted by Crippen LogP contribution is 2.35. The molecule has 2 aromatic rings. The number of aryl methyl sites for hydroxylation is 1. The number of thiazole rings is 1. The molecule has 9 atom stereocenters. The van der Waals surface area contributed by atoms with Crippen LogP contribution in [0.15, 0.2) is 41.8 Å². The molecule has 5 unspecified atom stereocenters. The minimum atomic E-state index is -1.02. The van der Waals surface area contributed by atoms with Crippen molar-refractivity contribution in [2.75, 3.05) is 91.4 Å². The van der Waals surface area contributed by atoms with Crippen LogP contribution >= 0.6 is 34.9 Å². The van der Waals surface area contributed by atoms with Crippen LogP contribution in [0.2, 0.25) is 0 Å². The summed E-state index contributed by atoms with van der Waals surface area (Å²) in [4.78, 5) is 162. The summed E-state index contributed by atoms with van der Waals surface area (Å²) in [6, 6.07) is 5.19. The zero-order valence-corrected chi connectivity index (χ0v) is 60.7. The van der Waals surface area contributed by atoms with E-state index in [-0.39, 0.29) is 144 Å². The molecule has 0 saturated carbocycles. The third-order valence-electron chi connectivity index (χ3n) is 17.8. The molecule has 1 aromatic carbocycles. The largest absolute Gasteiger partial charge is 0.394 e. The van der Waals surface area contributed by atoms with Gasteiger partial charge >= 0.3 is 0 Å². The van der Waals surface area contributed by atoms with Crippen LogP contribution in [0, 0.1) is 24.7 Å². The maximum atomic E-state index is 14.9. The van der Waals surface area contributed by atoms with Gasteiger partial charge in [-0.05, 0) is 97.2 Å². The van der Waals surface area contributed by atoms with E-state index in [9.17, 15) is 57.8 Å². The van der Waals surface area contributed by atoms with Crippen molar-refractivity contribution in [2.24, 2.45) is 17.8 Å². The molecule has 3 aliphatic rings. The molecule has 0 radical (unpaired) electrons. The van der Waals surface area contributed by atoms with E-state index in [1.165, 1.54) is 39.8 Å². The molecule has 0 aliphatic carbocycles. The lowest BCUT2D eigenvalue weighted by molar-refractivity contribution is -0.144. The number of hydrogen-bond acceptors (Lipinski definition) is 19. The molecular formula is C68H105N11O14S3. The van der Waals surface area contributed by atoms with Gasteiger partial charge in [0.25, 0.3) is 5.91 Å². The predicted octanol–water partition coefficient (Wildman–Crippen LogP) is 4.78. The van der Waals surface area contributed by atoms with E-state index in [2.05, 4.69) is 40.4 Å². The lowest BCUT2D eigenvalue weighted by atomic mass is 9.91. The van der Waals surface area contributed by atoms with Gasteiger partial charge in [-0.3, -0.25) is 67.4 Å². The summed E-state index contributed by atoms with van der Waals surface area (Å²) in [5.74, 6) is -5.40. The van der Waals surface area contributed by atoms with Crippen LogP contribution in [0.4, 0.5) is 0 Å². The number of fused-ring (bicyclic) bond motifs is 4. The number of nitrogens with zero attached hydrogens (tertiary/aromatic N) is 6. The smallest absolute Gasteiger partial charge is 0.270 e. The number of imide groups is 2. The van der Waals surface area contributed by atoms with Crippen molar-refractivity contribution in [2.45, 2.75) is 186 Å². The van der Waals surface area contributed by atoms with E-state index in [1.807, 2.05) is 96.6 Å². The van der Waals surface area contributed by atoms with Crippen molar-refractivity contribution >= 4 is 99.8 Å². The number of unbranched alkanes of at least 4 members (excludes halogenated alkanes) is 1. The van der Waals surface area contributed by atoms with Crippen molar-refractivity contribution in [3.63, 3.8) is 0 Å².